The third-order valence-corrected chi connectivity index (χ3v) is 6.04. The van der Waals surface area contributed by atoms with Crippen molar-refractivity contribution in [2.45, 2.75) is 50.7 Å². The van der Waals surface area contributed by atoms with Crippen molar-refractivity contribution in [1.29, 1.82) is 0 Å². The number of likely N-dealkylation sites (tertiary alicyclic amines) is 1. The van der Waals surface area contributed by atoms with Crippen LogP contribution in [0, 0.1) is 11.8 Å². The molecule has 1 aliphatic heterocycles. The fourth-order valence-corrected chi connectivity index (χ4v) is 4.68. The van der Waals surface area contributed by atoms with Crippen molar-refractivity contribution in [3.05, 3.63) is 30.1 Å². The Hall–Kier alpha value is -1.99. The summed E-state index contributed by atoms with van der Waals surface area (Å²) in [6.45, 7) is 0.294. The third kappa shape index (κ3) is 3.84. The molecule has 27 heavy (non-hydrogen) atoms. The van der Waals surface area contributed by atoms with E-state index in [1.165, 1.54) is 12.8 Å². The number of aromatic nitrogens is 2. The first kappa shape index (κ1) is 18.4. The topological polar surface area (TPSA) is 81.2 Å². The van der Waals surface area contributed by atoms with Crippen LogP contribution in [0.3, 0.4) is 0 Å². The van der Waals surface area contributed by atoms with Crippen molar-refractivity contribution < 1.29 is 14.4 Å². The molecule has 1 amide bonds. The molecule has 0 bridgehead atoms. The van der Waals surface area contributed by atoms with Crippen LogP contribution in [0.25, 0.3) is 11.0 Å². The lowest BCUT2D eigenvalue weighted by Gasteiger charge is -2.28. The zero-order valence-corrected chi connectivity index (χ0v) is 15.4. The Labute approximate surface area is 158 Å². The number of carbonyl (C=O) groups is 1. The molecule has 0 radical (unpaired) electrons. The first-order chi connectivity index (χ1) is 13.2. The zero-order chi connectivity index (χ0) is 18.8. The van der Waals surface area contributed by atoms with E-state index < -0.39 is 6.17 Å². The molecule has 7 heteroatoms. The molecule has 2 aliphatic rings. The average Bonchev–Trinajstić information content (AvgIpc) is 3.39. The van der Waals surface area contributed by atoms with E-state index in [-0.39, 0.29) is 37.4 Å². The van der Waals surface area contributed by atoms with E-state index in [2.05, 4.69) is 15.4 Å². The highest BCUT2D eigenvalue weighted by Crippen LogP contribution is 2.36. The highest BCUT2D eigenvalue weighted by atomic mass is 19.1. The van der Waals surface area contributed by atoms with Crippen LogP contribution < -0.4 is 5.48 Å². The van der Waals surface area contributed by atoms with Gasteiger partial charge >= 0.3 is 0 Å². The van der Waals surface area contributed by atoms with Gasteiger partial charge in [-0.2, -0.15) is 0 Å². The largest absolute Gasteiger partial charge is 0.340 e. The van der Waals surface area contributed by atoms with Crippen LogP contribution in [-0.4, -0.2) is 45.2 Å². The number of carbonyl (C=O) groups excluding carboxylic acids is 1. The average molecular weight is 374 g/mol. The minimum absolute atomic E-state index is 0.0888. The van der Waals surface area contributed by atoms with Crippen molar-refractivity contribution in [2.75, 3.05) is 13.1 Å². The summed E-state index contributed by atoms with van der Waals surface area (Å²) >= 11 is 0. The number of imidazole rings is 1. The second-order valence-electron chi connectivity index (χ2n) is 7.92. The van der Waals surface area contributed by atoms with Crippen LogP contribution in [0.15, 0.2) is 24.3 Å². The molecule has 0 spiro atoms. The highest BCUT2D eigenvalue weighted by Gasteiger charge is 2.40. The molecule has 1 saturated heterocycles. The fraction of sp³-hybridized carbons (Fsp3) is 0.600. The molecule has 3 atom stereocenters. The molecule has 1 aliphatic carbocycles. The van der Waals surface area contributed by atoms with Gasteiger partial charge in [-0.15, -0.1) is 0 Å². The summed E-state index contributed by atoms with van der Waals surface area (Å²) < 4.78 is 14.3. The molecule has 2 aromatic rings. The van der Waals surface area contributed by atoms with Gasteiger partial charge in [-0.25, -0.2) is 14.9 Å². The number of hydroxylamine groups is 1. The zero-order valence-electron chi connectivity index (χ0n) is 15.4. The number of alkyl halides is 1. The Morgan fingerprint density at radius 1 is 1.37 bits per heavy atom. The number of halogens is 1. The van der Waals surface area contributed by atoms with E-state index in [0.717, 1.165) is 30.3 Å². The van der Waals surface area contributed by atoms with Crippen molar-refractivity contribution in [3.8, 4) is 0 Å². The lowest BCUT2D eigenvalue weighted by atomic mass is 9.92. The van der Waals surface area contributed by atoms with Gasteiger partial charge in [0.15, 0.2) is 0 Å². The van der Waals surface area contributed by atoms with Gasteiger partial charge in [0, 0.05) is 13.0 Å². The van der Waals surface area contributed by atoms with Crippen molar-refractivity contribution in [1.82, 2.24) is 20.3 Å². The Morgan fingerprint density at radius 3 is 2.89 bits per heavy atom. The first-order valence-electron chi connectivity index (χ1n) is 9.92. The molecular formula is C20H27FN4O2. The number of para-hydroxylation sites is 2. The standard InChI is InChI=1S/C20H27FN4O2/c21-15-10-18(19-23-16-7-3-4-8-17(16)24-19)25(12-15)20(26)14(11-22-27)9-13-5-1-2-6-13/h3-4,7-8,13-15,18,22,27H,1-2,5-6,9-12H2,(H,23,24)/t14-,15-,18+/m1/s1. The maximum atomic E-state index is 14.3. The van der Waals surface area contributed by atoms with Crippen molar-refractivity contribution in [2.24, 2.45) is 11.8 Å². The summed E-state index contributed by atoms with van der Waals surface area (Å²) in [6.07, 6.45) is 4.62. The smallest absolute Gasteiger partial charge is 0.227 e. The third-order valence-electron chi connectivity index (χ3n) is 6.04. The highest BCUT2D eigenvalue weighted by molar-refractivity contribution is 5.80. The first-order valence-corrected chi connectivity index (χ1v) is 9.92. The summed E-state index contributed by atoms with van der Waals surface area (Å²) in [5.74, 6) is 0.728. The van der Waals surface area contributed by atoms with Crippen LogP contribution in [0.5, 0.6) is 0 Å². The van der Waals surface area contributed by atoms with Crippen molar-refractivity contribution in [3.63, 3.8) is 0 Å². The van der Waals surface area contributed by atoms with Crippen LogP contribution in [0.1, 0.15) is 50.4 Å². The normalized spacial score (nSPS) is 24.7. The Kier molecular flexibility index (Phi) is 5.41. The number of rotatable bonds is 6. The van der Waals surface area contributed by atoms with Crippen molar-refractivity contribution >= 4 is 16.9 Å². The van der Waals surface area contributed by atoms with Gasteiger partial charge in [0.05, 0.1) is 29.5 Å². The molecule has 1 aromatic heterocycles. The van der Waals surface area contributed by atoms with Gasteiger partial charge in [-0.05, 0) is 24.5 Å². The van der Waals surface area contributed by atoms with Gasteiger partial charge in [-0.3, -0.25) is 4.79 Å². The molecule has 1 saturated carbocycles. The number of nitrogens with one attached hydrogen (secondary N) is 2. The summed E-state index contributed by atoms with van der Waals surface area (Å²) in [5, 5.41) is 9.22. The van der Waals surface area contributed by atoms with E-state index in [4.69, 9.17) is 0 Å². The summed E-state index contributed by atoms with van der Waals surface area (Å²) in [6, 6.07) is 7.28. The van der Waals surface area contributed by atoms with Crippen LogP contribution >= 0.6 is 0 Å². The van der Waals surface area contributed by atoms with Gasteiger partial charge in [0.1, 0.15) is 12.0 Å². The fourth-order valence-electron chi connectivity index (χ4n) is 4.68. The lowest BCUT2D eigenvalue weighted by Crippen LogP contribution is -2.41. The Morgan fingerprint density at radius 2 is 2.15 bits per heavy atom. The summed E-state index contributed by atoms with van der Waals surface area (Å²) in [4.78, 5) is 22.7. The maximum Gasteiger partial charge on any atom is 0.227 e. The second-order valence-corrected chi connectivity index (χ2v) is 7.92. The number of amides is 1. The number of nitrogens with zero attached hydrogens (tertiary/aromatic N) is 2. The number of aromatic amines is 1. The van der Waals surface area contributed by atoms with E-state index in [9.17, 15) is 14.4 Å². The molecule has 2 heterocycles. The number of hydrogen-bond acceptors (Lipinski definition) is 4. The quantitative estimate of drug-likeness (QED) is 0.678. The predicted octanol–water partition coefficient (Wildman–Crippen LogP) is 3.35. The number of hydrogen-bond donors (Lipinski definition) is 3. The number of benzene rings is 1. The summed E-state index contributed by atoms with van der Waals surface area (Å²) in [7, 11) is 0. The van der Waals surface area contributed by atoms with Crippen LogP contribution in [-0.2, 0) is 4.79 Å². The van der Waals surface area contributed by atoms with Gasteiger partial charge in [0.25, 0.3) is 0 Å². The number of H-pyrrole nitrogens is 1. The lowest BCUT2D eigenvalue weighted by molar-refractivity contribution is -0.138. The van der Waals surface area contributed by atoms with Gasteiger partial charge in [-0.1, -0.05) is 37.8 Å². The minimum Gasteiger partial charge on any atom is -0.340 e. The van der Waals surface area contributed by atoms with E-state index in [1.807, 2.05) is 24.3 Å². The number of fused-ring (bicyclic) bond motifs is 1. The van der Waals surface area contributed by atoms with Gasteiger partial charge < -0.3 is 15.1 Å². The molecule has 6 nitrogen and oxygen atoms in total. The Balaban J connectivity index is 1.55. The SMILES string of the molecule is O=C([C@@H](CNO)CC1CCCC1)N1C[C@H](F)C[C@H]1c1nc2ccccc2[nH]1. The minimum atomic E-state index is -1.05. The molecule has 3 N–H and O–H groups in total. The molecule has 1 aromatic carbocycles. The predicted molar refractivity (Wildman–Crippen MR) is 99.9 cm³/mol. The van der Waals surface area contributed by atoms with E-state index >= 15 is 0 Å². The molecule has 4 rings (SSSR count). The molecular weight excluding hydrogens is 347 g/mol. The Bertz CT molecular complexity index is 756. The van der Waals surface area contributed by atoms with Crippen LogP contribution in [0.4, 0.5) is 4.39 Å². The summed E-state index contributed by atoms with van der Waals surface area (Å²) in [5.41, 5.74) is 3.88. The van der Waals surface area contributed by atoms with Gasteiger partial charge in [0.2, 0.25) is 5.91 Å². The maximum absolute atomic E-state index is 14.3. The molecule has 146 valence electrons. The van der Waals surface area contributed by atoms with E-state index in [1.54, 1.807) is 4.90 Å². The molecule has 2 fully saturated rings. The monoisotopic (exact) mass is 374 g/mol. The van der Waals surface area contributed by atoms with E-state index in [0.29, 0.717) is 11.7 Å². The second kappa shape index (κ2) is 7.94. The molecule has 0 unspecified atom stereocenters. The van der Waals surface area contributed by atoms with Crippen LogP contribution in [0.2, 0.25) is 0 Å².